The van der Waals surface area contributed by atoms with Gasteiger partial charge < -0.3 is 15.2 Å². The largest absolute Gasteiger partial charge is 0.493 e. The van der Waals surface area contributed by atoms with Crippen LogP contribution in [0.1, 0.15) is 30.4 Å². The summed E-state index contributed by atoms with van der Waals surface area (Å²) in [5.41, 5.74) is 2.38. The molecule has 2 N–H and O–H groups in total. The first-order valence-corrected chi connectivity index (χ1v) is 7.89. The number of rotatable bonds is 3. The van der Waals surface area contributed by atoms with Crippen LogP contribution < -0.4 is 10.1 Å². The van der Waals surface area contributed by atoms with Crippen LogP contribution in [0, 0.1) is 0 Å². The smallest absolute Gasteiger partial charge is 0.125 e. The molecule has 2 atom stereocenters. The van der Waals surface area contributed by atoms with E-state index >= 15 is 0 Å². The van der Waals surface area contributed by atoms with Crippen molar-refractivity contribution in [2.45, 2.75) is 44.2 Å². The van der Waals surface area contributed by atoms with Gasteiger partial charge in [-0.25, -0.2) is 0 Å². The molecule has 3 nitrogen and oxygen atoms in total. The monoisotopic (exact) mass is 325 g/mol. The zero-order chi connectivity index (χ0) is 13.2. The topological polar surface area (TPSA) is 41.5 Å². The van der Waals surface area contributed by atoms with Crippen molar-refractivity contribution in [3.8, 4) is 5.75 Å². The van der Waals surface area contributed by atoms with Gasteiger partial charge in [-0.2, -0.15) is 0 Å². The third-order valence-corrected chi connectivity index (χ3v) is 4.53. The minimum absolute atomic E-state index is 0.227. The lowest BCUT2D eigenvalue weighted by Gasteiger charge is -2.28. The third-order valence-electron chi connectivity index (χ3n) is 4.07. The Kier molecular flexibility index (Phi) is 4.10. The first-order chi connectivity index (χ1) is 9.24. The molecule has 0 bridgehead atoms. The van der Waals surface area contributed by atoms with E-state index in [1.807, 2.05) is 0 Å². The van der Waals surface area contributed by atoms with E-state index in [0.29, 0.717) is 6.42 Å². The van der Waals surface area contributed by atoms with Gasteiger partial charge in [0.25, 0.3) is 0 Å². The standard InChI is InChI=1S/C15H20BrNO2/c16-12-7-10-4-6-19-15(10)11(8-12)9-14(18)13-3-1-2-5-17-13/h7-8,13-14,17-18H,1-6,9H2. The van der Waals surface area contributed by atoms with Crippen molar-refractivity contribution in [2.75, 3.05) is 13.2 Å². The highest BCUT2D eigenvalue weighted by molar-refractivity contribution is 9.10. The average Bonchev–Trinajstić information content (AvgIpc) is 2.88. The molecule has 1 aromatic carbocycles. The van der Waals surface area contributed by atoms with Crippen LogP contribution in [0.2, 0.25) is 0 Å². The van der Waals surface area contributed by atoms with E-state index in [9.17, 15) is 5.11 Å². The predicted octanol–water partition coefficient (Wildman–Crippen LogP) is 2.43. The van der Waals surface area contributed by atoms with Crippen LogP contribution in [-0.2, 0) is 12.8 Å². The van der Waals surface area contributed by atoms with Crippen LogP contribution in [-0.4, -0.2) is 30.4 Å². The zero-order valence-corrected chi connectivity index (χ0v) is 12.6. The third kappa shape index (κ3) is 2.96. The second-order valence-corrected chi connectivity index (χ2v) is 6.40. The lowest BCUT2D eigenvalue weighted by molar-refractivity contribution is 0.112. The lowest BCUT2D eigenvalue weighted by atomic mass is 9.94. The molecule has 1 saturated heterocycles. The first kappa shape index (κ1) is 13.4. The van der Waals surface area contributed by atoms with Crippen LogP contribution in [0.15, 0.2) is 16.6 Å². The number of piperidine rings is 1. The summed E-state index contributed by atoms with van der Waals surface area (Å²) in [6, 6.07) is 4.43. The minimum Gasteiger partial charge on any atom is -0.493 e. The quantitative estimate of drug-likeness (QED) is 0.896. The van der Waals surface area contributed by atoms with Gasteiger partial charge >= 0.3 is 0 Å². The maximum Gasteiger partial charge on any atom is 0.125 e. The summed E-state index contributed by atoms with van der Waals surface area (Å²) in [4.78, 5) is 0. The highest BCUT2D eigenvalue weighted by Gasteiger charge is 2.24. The van der Waals surface area contributed by atoms with Crippen molar-refractivity contribution >= 4 is 15.9 Å². The Labute approximate surface area is 122 Å². The number of aliphatic hydroxyl groups excluding tert-OH is 1. The van der Waals surface area contributed by atoms with Gasteiger partial charge in [-0.15, -0.1) is 0 Å². The summed E-state index contributed by atoms with van der Waals surface area (Å²) in [5.74, 6) is 0.998. The first-order valence-electron chi connectivity index (χ1n) is 7.09. The lowest BCUT2D eigenvalue weighted by Crippen LogP contribution is -2.44. The maximum atomic E-state index is 10.4. The average molecular weight is 326 g/mol. The molecule has 0 radical (unpaired) electrons. The summed E-state index contributed by atoms with van der Waals surface area (Å²) in [6.45, 7) is 1.78. The van der Waals surface area contributed by atoms with Crippen molar-refractivity contribution in [3.05, 3.63) is 27.7 Å². The predicted molar refractivity (Wildman–Crippen MR) is 78.7 cm³/mol. The van der Waals surface area contributed by atoms with Gasteiger partial charge in [0, 0.05) is 23.4 Å². The number of aliphatic hydroxyl groups is 1. The molecule has 19 heavy (non-hydrogen) atoms. The van der Waals surface area contributed by atoms with Crippen LogP contribution in [0.25, 0.3) is 0 Å². The molecular weight excluding hydrogens is 306 g/mol. The van der Waals surface area contributed by atoms with Gasteiger partial charge in [0.05, 0.1) is 12.7 Å². The van der Waals surface area contributed by atoms with Gasteiger partial charge in [0.2, 0.25) is 0 Å². The number of fused-ring (bicyclic) bond motifs is 1. The number of nitrogens with one attached hydrogen (secondary N) is 1. The van der Waals surface area contributed by atoms with E-state index in [4.69, 9.17) is 4.74 Å². The Morgan fingerprint density at radius 2 is 2.32 bits per heavy atom. The van der Waals surface area contributed by atoms with Gasteiger partial charge in [-0.1, -0.05) is 22.4 Å². The number of ether oxygens (including phenoxy) is 1. The van der Waals surface area contributed by atoms with E-state index in [-0.39, 0.29) is 12.1 Å². The number of hydrogen-bond donors (Lipinski definition) is 2. The van der Waals surface area contributed by atoms with Gasteiger partial charge in [-0.05, 0) is 42.6 Å². The van der Waals surface area contributed by atoms with E-state index in [2.05, 4.69) is 33.4 Å². The van der Waals surface area contributed by atoms with Crippen molar-refractivity contribution < 1.29 is 9.84 Å². The fraction of sp³-hybridized carbons (Fsp3) is 0.600. The van der Waals surface area contributed by atoms with Gasteiger partial charge in [0.15, 0.2) is 0 Å². The Morgan fingerprint density at radius 1 is 1.42 bits per heavy atom. The van der Waals surface area contributed by atoms with E-state index in [1.165, 1.54) is 18.4 Å². The highest BCUT2D eigenvalue weighted by Crippen LogP contribution is 2.34. The number of halogens is 1. The van der Waals surface area contributed by atoms with Crippen molar-refractivity contribution in [3.63, 3.8) is 0 Å². The SMILES string of the molecule is OC(Cc1cc(Br)cc2c1OCC2)C1CCCCN1. The van der Waals surface area contributed by atoms with Gasteiger partial charge in [-0.3, -0.25) is 0 Å². The number of benzene rings is 1. The van der Waals surface area contributed by atoms with Crippen LogP contribution in [0.5, 0.6) is 5.75 Å². The molecule has 0 spiro atoms. The van der Waals surface area contributed by atoms with Crippen molar-refractivity contribution in [1.29, 1.82) is 0 Å². The second-order valence-electron chi connectivity index (χ2n) is 5.48. The summed E-state index contributed by atoms with van der Waals surface area (Å²) in [6.07, 6.45) is 4.81. The molecular formula is C15H20BrNO2. The van der Waals surface area contributed by atoms with Crippen molar-refractivity contribution in [2.24, 2.45) is 0 Å². The summed E-state index contributed by atoms with van der Waals surface area (Å²) >= 11 is 3.55. The number of hydrogen-bond acceptors (Lipinski definition) is 3. The molecule has 4 heteroatoms. The van der Waals surface area contributed by atoms with E-state index in [0.717, 1.165) is 41.8 Å². The van der Waals surface area contributed by atoms with Crippen LogP contribution >= 0.6 is 15.9 Å². The van der Waals surface area contributed by atoms with Crippen LogP contribution in [0.3, 0.4) is 0 Å². The fourth-order valence-electron chi connectivity index (χ4n) is 3.07. The minimum atomic E-state index is -0.331. The molecule has 2 aliphatic rings. The molecule has 3 rings (SSSR count). The summed E-state index contributed by atoms with van der Waals surface area (Å²) in [7, 11) is 0. The molecule has 1 fully saturated rings. The van der Waals surface area contributed by atoms with E-state index in [1.54, 1.807) is 0 Å². The molecule has 1 aromatic rings. The zero-order valence-electron chi connectivity index (χ0n) is 11.0. The van der Waals surface area contributed by atoms with Crippen molar-refractivity contribution in [1.82, 2.24) is 5.32 Å². The molecule has 2 aliphatic heterocycles. The summed E-state index contributed by atoms with van der Waals surface area (Å²) in [5, 5.41) is 13.8. The van der Waals surface area contributed by atoms with Gasteiger partial charge in [0.1, 0.15) is 5.75 Å². The Balaban J connectivity index is 1.75. The maximum absolute atomic E-state index is 10.4. The Morgan fingerprint density at radius 3 is 3.11 bits per heavy atom. The molecule has 2 heterocycles. The molecule has 0 aliphatic carbocycles. The fourth-order valence-corrected chi connectivity index (χ4v) is 3.63. The normalized spacial score (nSPS) is 23.8. The van der Waals surface area contributed by atoms with Crippen LogP contribution in [0.4, 0.5) is 0 Å². The van der Waals surface area contributed by atoms with E-state index < -0.39 is 0 Å². The molecule has 0 aromatic heterocycles. The second kappa shape index (κ2) is 5.81. The molecule has 0 amide bonds. The summed E-state index contributed by atoms with van der Waals surface area (Å²) < 4.78 is 6.80. The highest BCUT2D eigenvalue weighted by atomic mass is 79.9. The Bertz CT molecular complexity index is 458. The molecule has 0 saturated carbocycles. The molecule has 104 valence electrons. The Hall–Kier alpha value is -0.580. The molecule has 2 unspecified atom stereocenters.